The van der Waals surface area contributed by atoms with Crippen LogP contribution >= 0.6 is 0 Å². The van der Waals surface area contributed by atoms with Gasteiger partial charge in [-0.1, -0.05) is 55.7 Å². The lowest BCUT2D eigenvalue weighted by Gasteiger charge is -2.04. The van der Waals surface area contributed by atoms with Crippen molar-refractivity contribution in [1.82, 2.24) is 0 Å². The number of rotatable bonds is 1. The highest BCUT2D eigenvalue weighted by atomic mass is 28.3. The van der Waals surface area contributed by atoms with Crippen molar-refractivity contribution in [2.75, 3.05) is 0 Å². The molecule has 0 spiro atoms. The Kier molecular flexibility index (Phi) is 5.22. The first-order valence-electron chi connectivity index (χ1n) is 7.60. The fraction of sp³-hybridized carbons (Fsp3) is 0.190. The lowest BCUT2D eigenvalue weighted by atomic mass is 10.0. The predicted octanol–water partition coefficient (Wildman–Crippen LogP) is 4.46. The van der Waals surface area contributed by atoms with E-state index in [1.54, 1.807) is 6.07 Å². The van der Waals surface area contributed by atoms with Crippen LogP contribution in [0.4, 0.5) is 0 Å². The number of hydrogen-bond acceptors (Lipinski definition) is 1. The second-order valence-electron chi connectivity index (χ2n) is 6.49. The molecule has 0 atom stereocenters. The third-order valence-corrected chi connectivity index (χ3v) is 3.96. The van der Waals surface area contributed by atoms with E-state index in [2.05, 4.69) is 42.9 Å². The second kappa shape index (κ2) is 7.14. The molecule has 0 aliphatic heterocycles. The number of aryl methyl sites for hydroxylation is 1. The lowest BCUT2D eigenvalue weighted by molar-refractivity contribution is 0.105. The van der Waals surface area contributed by atoms with E-state index in [0.717, 1.165) is 16.7 Å². The summed E-state index contributed by atoms with van der Waals surface area (Å²) in [5, 5.41) is 0. The fourth-order valence-corrected chi connectivity index (χ4v) is 2.47. The summed E-state index contributed by atoms with van der Waals surface area (Å²) in [5.41, 5.74) is 6.63. The van der Waals surface area contributed by atoms with Gasteiger partial charge >= 0.3 is 0 Å². The van der Waals surface area contributed by atoms with E-state index >= 15 is 0 Å². The van der Waals surface area contributed by atoms with Crippen molar-refractivity contribution in [3.05, 3.63) is 70.8 Å². The van der Waals surface area contributed by atoms with Crippen molar-refractivity contribution in [2.45, 2.75) is 26.6 Å². The molecule has 0 aliphatic carbocycles. The van der Waals surface area contributed by atoms with Crippen LogP contribution < -0.4 is 0 Å². The van der Waals surface area contributed by atoms with E-state index in [1.165, 1.54) is 0 Å². The summed E-state index contributed by atoms with van der Waals surface area (Å²) in [6.07, 6.45) is 0. The molecule has 0 unspecified atom stereocenters. The molecule has 2 aromatic carbocycles. The zero-order valence-corrected chi connectivity index (χ0v) is 15.0. The SMILES string of the molecule is Cc1cccc(C#CC(=O)c2ccccc2C#C[Si](C)(C)C)c1. The van der Waals surface area contributed by atoms with Crippen molar-refractivity contribution in [3.8, 4) is 23.3 Å². The summed E-state index contributed by atoms with van der Waals surface area (Å²) in [6.45, 7) is 8.56. The molecule has 0 radical (unpaired) electrons. The zero-order valence-electron chi connectivity index (χ0n) is 14.0. The Morgan fingerprint density at radius 3 is 2.39 bits per heavy atom. The Labute approximate surface area is 139 Å². The highest BCUT2D eigenvalue weighted by molar-refractivity contribution is 6.83. The molecule has 2 heteroatoms. The number of ketones is 1. The molecule has 1 nitrogen and oxygen atoms in total. The van der Waals surface area contributed by atoms with Crippen LogP contribution in [0.5, 0.6) is 0 Å². The molecular weight excluding hydrogens is 296 g/mol. The number of Topliss-reactive ketones (excluding diaryl/α,β-unsaturated/α-hetero) is 1. The van der Waals surface area contributed by atoms with Crippen molar-refractivity contribution >= 4 is 13.9 Å². The topological polar surface area (TPSA) is 17.1 Å². The molecule has 23 heavy (non-hydrogen) atoms. The van der Waals surface area contributed by atoms with Crippen LogP contribution in [0.2, 0.25) is 19.6 Å². The predicted molar refractivity (Wildman–Crippen MR) is 99.1 cm³/mol. The van der Waals surface area contributed by atoms with Gasteiger partial charge in [0.05, 0.1) is 0 Å². The van der Waals surface area contributed by atoms with Gasteiger partial charge in [0.2, 0.25) is 5.78 Å². The second-order valence-corrected chi connectivity index (χ2v) is 11.2. The molecule has 114 valence electrons. The maximum absolute atomic E-state index is 12.4. The van der Waals surface area contributed by atoms with Crippen LogP contribution in [0.25, 0.3) is 0 Å². The van der Waals surface area contributed by atoms with Crippen molar-refractivity contribution in [2.24, 2.45) is 0 Å². The van der Waals surface area contributed by atoms with Gasteiger partial charge in [-0.2, -0.15) is 0 Å². The Hall–Kier alpha value is -2.55. The minimum atomic E-state index is -1.48. The van der Waals surface area contributed by atoms with Crippen LogP contribution in [-0.2, 0) is 0 Å². The summed E-state index contributed by atoms with van der Waals surface area (Å²) in [4.78, 5) is 12.4. The fourth-order valence-electron chi connectivity index (χ4n) is 1.96. The normalized spacial score (nSPS) is 10.1. The molecule has 0 aliphatic rings. The molecule has 0 saturated heterocycles. The summed E-state index contributed by atoms with van der Waals surface area (Å²) >= 11 is 0. The van der Waals surface area contributed by atoms with Crippen molar-refractivity contribution in [1.29, 1.82) is 0 Å². The molecule has 2 rings (SSSR count). The maximum Gasteiger partial charge on any atom is 0.237 e. The van der Waals surface area contributed by atoms with Crippen LogP contribution in [0, 0.1) is 30.2 Å². The van der Waals surface area contributed by atoms with Crippen LogP contribution in [0.3, 0.4) is 0 Å². The minimum absolute atomic E-state index is 0.188. The maximum atomic E-state index is 12.4. The number of benzene rings is 2. The molecule has 0 amide bonds. The van der Waals surface area contributed by atoms with Crippen LogP contribution in [0.1, 0.15) is 27.0 Å². The molecule has 0 fully saturated rings. The molecule has 2 aromatic rings. The van der Waals surface area contributed by atoms with Crippen molar-refractivity contribution in [3.63, 3.8) is 0 Å². The van der Waals surface area contributed by atoms with Gasteiger partial charge < -0.3 is 0 Å². The first-order valence-corrected chi connectivity index (χ1v) is 11.1. The Bertz CT molecular complexity index is 849. The molecule has 0 bridgehead atoms. The largest absolute Gasteiger partial charge is 0.279 e. The van der Waals surface area contributed by atoms with E-state index in [-0.39, 0.29) is 5.78 Å². The summed E-state index contributed by atoms with van der Waals surface area (Å²) in [6, 6.07) is 15.3. The van der Waals surface area contributed by atoms with E-state index in [0.29, 0.717) is 5.56 Å². The molecular formula is C21H20OSi. The molecule has 0 heterocycles. The summed E-state index contributed by atoms with van der Waals surface area (Å²) in [7, 11) is -1.48. The average Bonchev–Trinajstić information content (AvgIpc) is 2.50. The van der Waals surface area contributed by atoms with Gasteiger partial charge in [0, 0.05) is 16.7 Å². The number of carbonyl (C=O) groups is 1. The van der Waals surface area contributed by atoms with Crippen LogP contribution in [-0.4, -0.2) is 13.9 Å². The number of carbonyl (C=O) groups excluding carboxylic acids is 1. The third-order valence-electron chi connectivity index (χ3n) is 3.08. The van der Waals surface area contributed by atoms with Gasteiger partial charge in [-0.25, -0.2) is 0 Å². The minimum Gasteiger partial charge on any atom is -0.279 e. The van der Waals surface area contributed by atoms with Crippen molar-refractivity contribution < 1.29 is 4.79 Å². The lowest BCUT2D eigenvalue weighted by Crippen LogP contribution is -2.16. The first kappa shape index (κ1) is 16.8. The first-order chi connectivity index (χ1) is 10.8. The van der Waals surface area contributed by atoms with Gasteiger partial charge in [-0.3, -0.25) is 4.79 Å². The van der Waals surface area contributed by atoms with Gasteiger partial charge in [-0.05, 0) is 42.7 Å². The van der Waals surface area contributed by atoms with E-state index in [1.807, 2.05) is 49.4 Å². The quantitative estimate of drug-likeness (QED) is 0.431. The molecule has 0 saturated carbocycles. The Balaban J connectivity index is 2.32. The molecule has 0 aromatic heterocycles. The van der Waals surface area contributed by atoms with E-state index in [9.17, 15) is 4.79 Å². The number of hydrogen-bond donors (Lipinski definition) is 0. The van der Waals surface area contributed by atoms with E-state index in [4.69, 9.17) is 0 Å². The smallest absolute Gasteiger partial charge is 0.237 e. The third kappa shape index (κ3) is 5.29. The highest BCUT2D eigenvalue weighted by Gasteiger charge is 2.10. The van der Waals surface area contributed by atoms with Crippen LogP contribution in [0.15, 0.2) is 48.5 Å². The standard InChI is InChI=1S/C21H20OSi/c1-17-8-7-9-18(16-17)12-13-21(22)20-11-6-5-10-19(20)14-15-23(2,3)4/h5-11,16H,1-4H3. The van der Waals surface area contributed by atoms with Gasteiger partial charge in [-0.15, -0.1) is 5.54 Å². The molecule has 0 N–H and O–H groups in total. The summed E-state index contributed by atoms with van der Waals surface area (Å²) < 4.78 is 0. The summed E-state index contributed by atoms with van der Waals surface area (Å²) in [5.74, 6) is 8.66. The highest BCUT2D eigenvalue weighted by Crippen LogP contribution is 2.09. The van der Waals surface area contributed by atoms with Gasteiger partial charge in [0.25, 0.3) is 0 Å². The Morgan fingerprint density at radius 2 is 1.70 bits per heavy atom. The van der Waals surface area contributed by atoms with E-state index < -0.39 is 8.07 Å². The Morgan fingerprint density at radius 1 is 0.957 bits per heavy atom. The van der Waals surface area contributed by atoms with Gasteiger partial charge in [0.15, 0.2) is 0 Å². The zero-order chi connectivity index (χ0) is 16.9. The monoisotopic (exact) mass is 316 g/mol. The average molecular weight is 316 g/mol. The van der Waals surface area contributed by atoms with Gasteiger partial charge in [0.1, 0.15) is 8.07 Å².